The van der Waals surface area contributed by atoms with E-state index < -0.39 is 18.9 Å². The van der Waals surface area contributed by atoms with Crippen LogP contribution in [0.25, 0.3) is 21.5 Å². The van der Waals surface area contributed by atoms with Crippen molar-refractivity contribution in [2.75, 3.05) is 0 Å². The molecule has 0 aromatic heterocycles. The maximum atomic E-state index is 5.54. The Labute approximate surface area is 158 Å². The molecule has 0 aliphatic heterocycles. The summed E-state index contributed by atoms with van der Waals surface area (Å²) < 4.78 is 1.24. The molecule has 0 saturated carbocycles. The van der Waals surface area contributed by atoms with E-state index >= 15 is 0 Å². The van der Waals surface area contributed by atoms with E-state index in [9.17, 15) is 0 Å². The molecule has 4 rings (SSSR count). The van der Waals surface area contributed by atoms with Crippen LogP contribution >= 0.6 is 17.0 Å². The largest absolute Gasteiger partial charge is 0.214 e. The van der Waals surface area contributed by atoms with E-state index in [1.165, 1.54) is 24.8 Å². The summed E-state index contributed by atoms with van der Waals surface area (Å²) in [5.74, 6) is 0. The number of rotatable bonds is 0. The minimum atomic E-state index is -1.84. The second-order valence-corrected chi connectivity index (χ2v) is 14.9. The normalized spacial score (nSPS) is 9.67. The first-order chi connectivity index (χ1) is 11.6. The zero-order chi connectivity index (χ0) is 17.4. The maximum absolute atomic E-state index is 5.54. The topological polar surface area (TPSA) is 0 Å². The molecular weight excluding hydrogens is 414 g/mol. The minimum Gasteiger partial charge on any atom is -0.214 e. The van der Waals surface area contributed by atoms with Gasteiger partial charge in [-0.1, -0.05) is 36.4 Å². The van der Waals surface area contributed by atoms with Crippen molar-refractivity contribution in [3.05, 3.63) is 84.9 Å². The van der Waals surface area contributed by atoms with Gasteiger partial charge in [-0.3, -0.25) is 0 Å². The number of hydrogen-bond acceptors (Lipinski definition) is 0. The predicted octanol–water partition coefficient (Wildman–Crippen LogP) is 7.24. The van der Waals surface area contributed by atoms with Gasteiger partial charge in [0.2, 0.25) is 0 Å². The Kier molecular flexibility index (Phi) is 8.12. The van der Waals surface area contributed by atoms with E-state index in [1.54, 1.807) is 0 Å². The number of fused-ring (bicyclic) bond motifs is 3. The molecule has 0 amide bonds. The summed E-state index contributed by atoms with van der Waals surface area (Å²) >= 11 is -1.84. The summed E-state index contributed by atoms with van der Waals surface area (Å²) in [5, 5.41) is 5.39. The van der Waals surface area contributed by atoms with Gasteiger partial charge in [0, 0.05) is 0 Å². The van der Waals surface area contributed by atoms with Crippen molar-refractivity contribution < 1.29 is 18.9 Å². The van der Waals surface area contributed by atoms with Crippen LogP contribution in [0.2, 0.25) is 0 Å². The second kappa shape index (κ2) is 10.1. The molecule has 0 aliphatic carbocycles. The minimum absolute atomic E-state index is 1.24. The molecule has 0 radical (unpaired) electrons. The van der Waals surface area contributed by atoms with Crippen LogP contribution in [-0.2, 0) is 18.9 Å². The summed E-state index contributed by atoms with van der Waals surface area (Å²) in [6.45, 7) is 3.96. The Morgan fingerprint density at radius 2 is 1.17 bits per heavy atom. The van der Waals surface area contributed by atoms with E-state index in [2.05, 4.69) is 54.6 Å². The van der Waals surface area contributed by atoms with Crippen molar-refractivity contribution in [3.63, 3.8) is 0 Å². The zero-order valence-electron chi connectivity index (χ0n) is 13.8. The molecule has 0 spiro atoms. The van der Waals surface area contributed by atoms with Crippen molar-refractivity contribution in [3.8, 4) is 0 Å². The van der Waals surface area contributed by atoms with Gasteiger partial charge in [0.1, 0.15) is 0 Å². The quantitative estimate of drug-likeness (QED) is 0.256. The molecule has 0 aliphatic rings. The number of halogens is 2. The van der Waals surface area contributed by atoms with Gasteiger partial charge < -0.3 is 0 Å². The van der Waals surface area contributed by atoms with E-state index in [0.717, 1.165) is 0 Å². The van der Waals surface area contributed by atoms with Crippen molar-refractivity contribution in [1.29, 1.82) is 0 Å². The van der Waals surface area contributed by atoms with Gasteiger partial charge >= 0.3 is 53.0 Å². The van der Waals surface area contributed by atoms with Gasteiger partial charge in [-0.15, -0.1) is 39.7 Å². The number of hydrogen-bond donors (Lipinski definition) is 0. The third-order valence-electron chi connectivity index (χ3n) is 3.46. The van der Waals surface area contributed by atoms with Gasteiger partial charge in [-0.05, 0) is 0 Å². The Morgan fingerprint density at radius 3 is 1.50 bits per heavy atom. The van der Waals surface area contributed by atoms with Crippen LogP contribution < -0.4 is 0 Å². The first kappa shape index (κ1) is 19.3. The molecule has 0 nitrogen and oxygen atoms in total. The van der Waals surface area contributed by atoms with Crippen LogP contribution in [0.4, 0.5) is 0 Å². The third-order valence-corrected chi connectivity index (χ3v) is 9.79. The molecular formula is C21H20Cl2Zr-2. The summed E-state index contributed by atoms with van der Waals surface area (Å²) in [7, 11) is 11.1. The number of benzene rings is 2. The fraction of sp³-hybridized carbons (Fsp3) is 0.0952. The fourth-order valence-electron chi connectivity index (χ4n) is 2.22. The Bertz CT molecular complexity index is 816. The summed E-state index contributed by atoms with van der Waals surface area (Å²) in [5.41, 5.74) is 0. The van der Waals surface area contributed by atoms with Gasteiger partial charge in [-0.2, -0.15) is 18.2 Å². The van der Waals surface area contributed by atoms with Crippen LogP contribution in [0.3, 0.4) is 0 Å². The maximum Gasteiger partial charge on any atom is -0.0771 e. The smallest absolute Gasteiger partial charge is 0.0771 e. The van der Waals surface area contributed by atoms with E-state index in [0.29, 0.717) is 0 Å². The van der Waals surface area contributed by atoms with Gasteiger partial charge in [-0.25, -0.2) is 12.1 Å². The first-order valence-electron chi connectivity index (χ1n) is 7.78. The van der Waals surface area contributed by atoms with Crippen LogP contribution in [0.5, 0.6) is 0 Å². The van der Waals surface area contributed by atoms with Crippen LogP contribution in [-0.4, -0.2) is 3.21 Å². The molecule has 0 atom stereocenters. The van der Waals surface area contributed by atoms with Crippen LogP contribution in [0, 0.1) is 0 Å². The third kappa shape index (κ3) is 5.81. The molecule has 4 aromatic carbocycles. The standard InChI is InChI=1S/C13H9.C5H5.C3H6.2ClH.Zr/c1-3-7-12-10(5-1)9-11-6-2-4-8-13(11)12;1-2-4-5-3-1;1-3-2;;;/h1-9H;1-5H;1-2H3;2*1H;/q2*-1;;;;+2/p-2. The van der Waals surface area contributed by atoms with Crippen molar-refractivity contribution in [1.82, 2.24) is 0 Å². The Hall–Kier alpha value is -1.01. The molecule has 0 saturated heterocycles. The Morgan fingerprint density at radius 1 is 0.750 bits per heavy atom. The summed E-state index contributed by atoms with van der Waals surface area (Å²) in [6.07, 6.45) is 0. The van der Waals surface area contributed by atoms with Crippen molar-refractivity contribution in [2.24, 2.45) is 0 Å². The molecule has 0 unspecified atom stereocenters. The SMILES string of the molecule is C[C](C)=[Zr]([Cl])[Cl].c1cc[cH-]c1.c1ccc2c(c1)[cH-]c1ccccc12. The molecule has 0 heterocycles. The average Bonchev–Trinajstić information content (AvgIpc) is 3.26. The molecule has 3 heteroatoms. The molecule has 0 bridgehead atoms. The summed E-state index contributed by atoms with van der Waals surface area (Å²) in [4.78, 5) is 0. The molecule has 24 heavy (non-hydrogen) atoms. The van der Waals surface area contributed by atoms with E-state index in [1.807, 2.05) is 44.2 Å². The average molecular weight is 435 g/mol. The van der Waals surface area contributed by atoms with Gasteiger partial charge in [0.05, 0.1) is 0 Å². The molecule has 4 aromatic rings. The predicted molar refractivity (Wildman–Crippen MR) is 107 cm³/mol. The second-order valence-electron chi connectivity index (χ2n) is 5.54. The van der Waals surface area contributed by atoms with Gasteiger partial charge in [0.15, 0.2) is 0 Å². The molecule has 124 valence electrons. The zero-order valence-corrected chi connectivity index (χ0v) is 17.8. The monoisotopic (exact) mass is 432 g/mol. The van der Waals surface area contributed by atoms with Crippen LogP contribution in [0.1, 0.15) is 13.8 Å². The van der Waals surface area contributed by atoms with Crippen molar-refractivity contribution in [2.45, 2.75) is 13.8 Å². The molecule has 0 N–H and O–H groups in total. The fourth-order valence-corrected chi connectivity index (χ4v) is 2.22. The van der Waals surface area contributed by atoms with Crippen molar-refractivity contribution >= 4 is 41.8 Å². The van der Waals surface area contributed by atoms with E-state index in [-0.39, 0.29) is 0 Å². The first-order valence-corrected chi connectivity index (χ1v) is 15.3. The van der Waals surface area contributed by atoms with E-state index in [4.69, 9.17) is 17.0 Å². The molecule has 0 fully saturated rings. The Balaban J connectivity index is 0.000000159. The van der Waals surface area contributed by atoms with Gasteiger partial charge in [0.25, 0.3) is 0 Å². The van der Waals surface area contributed by atoms with Crippen LogP contribution in [0.15, 0.2) is 84.9 Å². The summed E-state index contributed by atoms with van der Waals surface area (Å²) in [6, 6.07) is 29.3.